The Hall–Kier alpha value is -3.39. The molecule has 1 heterocycles. The van der Waals surface area contributed by atoms with Gasteiger partial charge in [0.05, 0.1) is 17.1 Å². The number of sulfonamides is 1. The van der Waals surface area contributed by atoms with Gasteiger partial charge in [-0.1, -0.05) is 24.3 Å². The summed E-state index contributed by atoms with van der Waals surface area (Å²) >= 11 is 0. The van der Waals surface area contributed by atoms with Crippen LogP contribution in [0.25, 0.3) is 10.9 Å². The molecule has 8 heteroatoms. The molecule has 0 unspecified atom stereocenters. The Morgan fingerprint density at radius 1 is 1.10 bits per heavy atom. The summed E-state index contributed by atoms with van der Waals surface area (Å²) in [6, 6.07) is 13.0. The van der Waals surface area contributed by atoms with Gasteiger partial charge < -0.3 is 9.88 Å². The summed E-state index contributed by atoms with van der Waals surface area (Å²) < 4.78 is 28.0. The van der Waals surface area contributed by atoms with Crippen molar-refractivity contribution in [2.24, 2.45) is 0 Å². The largest absolute Gasteiger partial charge is 0.360 e. The van der Waals surface area contributed by atoms with Crippen molar-refractivity contribution in [3.05, 3.63) is 83.2 Å². The number of anilines is 1. The summed E-state index contributed by atoms with van der Waals surface area (Å²) in [5, 5.41) is 0.144. The zero-order valence-corrected chi connectivity index (χ0v) is 18.4. The molecule has 0 spiro atoms. The van der Waals surface area contributed by atoms with Crippen LogP contribution in [-0.2, 0) is 10.0 Å². The number of H-pyrrole nitrogens is 1. The van der Waals surface area contributed by atoms with Crippen molar-refractivity contribution in [3.8, 4) is 0 Å². The number of fused-ring (bicyclic) bond motifs is 1. The van der Waals surface area contributed by atoms with Crippen molar-refractivity contribution < 1.29 is 13.2 Å². The normalized spacial score (nSPS) is 11.3. The van der Waals surface area contributed by atoms with Crippen LogP contribution in [0.1, 0.15) is 24.2 Å². The highest BCUT2D eigenvalue weighted by atomic mass is 32.2. The van der Waals surface area contributed by atoms with Gasteiger partial charge in [-0.05, 0) is 44.2 Å². The first-order valence-corrected chi connectivity index (χ1v) is 11.4. The topological polar surface area (TPSA) is 90.6 Å². The van der Waals surface area contributed by atoms with E-state index < -0.39 is 15.5 Å². The lowest BCUT2D eigenvalue weighted by atomic mass is 10.1. The maximum Gasteiger partial charge on any atom is 0.264 e. The molecule has 162 valence electrons. The number of hydrogen-bond acceptors (Lipinski definition) is 4. The van der Waals surface area contributed by atoms with E-state index in [9.17, 15) is 18.0 Å². The molecule has 0 radical (unpaired) electrons. The number of carbonyl (C=O) groups is 1. The van der Waals surface area contributed by atoms with Crippen molar-refractivity contribution >= 4 is 32.5 Å². The van der Waals surface area contributed by atoms with Gasteiger partial charge in [0.1, 0.15) is 5.56 Å². The van der Waals surface area contributed by atoms with Crippen LogP contribution < -0.4 is 9.73 Å². The molecule has 0 saturated carbocycles. The van der Waals surface area contributed by atoms with Crippen LogP contribution in [0.3, 0.4) is 0 Å². The zero-order valence-electron chi connectivity index (χ0n) is 17.5. The molecule has 0 fully saturated rings. The van der Waals surface area contributed by atoms with Gasteiger partial charge >= 0.3 is 0 Å². The quantitative estimate of drug-likeness (QED) is 0.545. The Morgan fingerprint density at radius 2 is 1.77 bits per heavy atom. The average molecular weight is 440 g/mol. The lowest BCUT2D eigenvalue weighted by Crippen LogP contribution is -2.34. The fourth-order valence-corrected chi connectivity index (χ4v) is 4.84. The van der Waals surface area contributed by atoms with Gasteiger partial charge in [0.15, 0.2) is 0 Å². The smallest absolute Gasteiger partial charge is 0.264 e. The van der Waals surface area contributed by atoms with E-state index in [0.29, 0.717) is 24.3 Å². The van der Waals surface area contributed by atoms with Crippen molar-refractivity contribution in [2.75, 3.05) is 23.9 Å². The predicted octanol–water partition coefficient (Wildman–Crippen LogP) is 3.39. The van der Waals surface area contributed by atoms with Gasteiger partial charge in [-0.25, -0.2) is 8.42 Å². The minimum absolute atomic E-state index is 0.0169. The first-order chi connectivity index (χ1) is 14.8. The van der Waals surface area contributed by atoms with Gasteiger partial charge in [-0.15, -0.1) is 6.58 Å². The zero-order chi connectivity index (χ0) is 22.6. The number of amides is 1. The van der Waals surface area contributed by atoms with E-state index in [1.807, 2.05) is 13.8 Å². The van der Waals surface area contributed by atoms with E-state index in [1.165, 1.54) is 39.7 Å². The molecule has 0 aliphatic carbocycles. The molecule has 0 atom stereocenters. The highest BCUT2D eigenvalue weighted by molar-refractivity contribution is 7.92. The number of nitrogens with one attached hydrogen (secondary N) is 1. The van der Waals surface area contributed by atoms with Crippen LogP contribution in [0.2, 0.25) is 0 Å². The van der Waals surface area contributed by atoms with E-state index in [1.54, 1.807) is 30.3 Å². The molecule has 1 amide bonds. The Bertz CT molecular complexity index is 1260. The summed E-state index contributed by atoms with van der Waals surface area (Å²) in [5.41, 5.74) is 0.423. The first kappa shape index (κ1) is 22.3. The molecule has 2 aromatic carbocycles. The lowest BCUT2D eigenvalue weighted by molar-refractivity contribution is 0.0771. The SMILES string of the molecule is C=CCN(c1ccccc1)S(=O)(=O)c1ccc2[nH]cc(C(=O)N(CC)CC)c(=O)c2c1. The van der Waals surface area contributed by atoms with E-state index >= 15 is 0 Å². The number of aromatic amines is 1. The fraction of sp³-hybridized carbons (Fsp3) is 0.217. The molecule has 0 aliphatic heterocycles. The van der Waals surface area contributed by atoms with E-state index in [4.69, 9.17) is 0 Å². The molecular formula is C23H25N3O4S. The minimum Gasteiger partial charge on any atom is -0.360 e. The maximum absolute atomic E-state index is 13.4. The maximum atomic E-state index is 13.4. The molecule has 0 bridgehead atoms. The molecule has 3 rings (SSSR count). The number of para-hydroxylation sites is 1. The van der Waals surface area contributed by atoms with Crippen molar-refractivity contribution in [1.82, 2.24) is 9.88 Å². The number of benzene rings is 2. The number of aromatic nitrogens is 1. The Morgan fingerprint density at radius 3 is 2.39 bits per heavy atom. The summed E-state index contributed by atoms with van der Waals surface area (Å²) in [5.74, 6) is -0.390. The van der Waals surface area contributed by atoms with Crippen molar-refractivity contribution in [3.63, 3.8) is 0 Å². The molecule has 0 aliphatic rings. The molecule has 0 saturated heterocycles. The third-order valence-corrected chi connectivity index (χ3v) is 6.85. The molecule has 7 nitrogen and oxygen atoms in total. The average Bonchev–Trinajstić information content (AvgIpc) is 2.78. The van der Waals surface area contributed by atoms with Gasteiger partial charge in [0, 0.05) is 30.2 Å². The van der Waals surface area contributed by atoms with Crippen LogP contribution in [0.4, 0.5) is 5.69 Å². The highest BCUT2D eigenvalue weighted by Crippen LogP contribution is 2.25. The third kappa shape index (κ3) is 4.25. The number of nitrogens with zero attached hydrogens (tertiary/aromatic N) is 2. The second-order valence-corrected chi connectivity index (χ2v) is 8.74. The van der Waals surface area contributed by atoms with Crippen LogP contribution >= 0.6 is 0 Å². The molecular weight excluding hydrogens is 414 g/mol. The number of carbonyl (C=O) groups excluding carboxylic acids is 1. The minimum atomic E-state index is -3.97. The van der Waals surface area contributed by atoms with Crippen molar-refractivity contribution in [1.29, 1.82) is 0 Å². The Kier molecular flexibility index (Phi) is 6.60. The number of pyridine rings is 1. The standard InChI is InChI=1S/C23H25N3O4S/c1-4-14-26(17-10-8-7-9-11-17)31(29,30)18-12-13-21-19(15-18)22(27)20(16-24-21)23(28)25(5-2)6-3/h4,7-13,15-16H,1,5-6,14H2,2-3H3,(H,24,27). The van der Waals surface area contributed by atoms with Gasteiger partial charge in [0.25, 0.3) is 15.9 Å². The predicted molar refractivity (Wildman–Crippen MR) is 123 cm³/mol. The van der Waals surface area contributed by atoms with E-state index in [-0.39, 0.29) is 28.3 Å². The van der Waals surface area contributed by atoms with Gasteiger partial charge in [-0.3, -0.25) is 13.9 Å². The number of rotatable bonds is 8. The molecule has 3 aromatic rings. The summed E-state index contributed by atoms with van der Waals surface area (Å²) in [7, 11) is -3.97. The molecule has 1 N–H and O–H groups in total. The molecule has 1 aromatic heterocycles. The first-order valence-electron chi connectivity index (χ1n) is 9.98. The van der Waals surface area contributed by atoms with Gasteiger partial charge in [-0.2, -0.15) is 0 Å². The van der Waals surface area contributed by atoms with Crippen LogP contribution in [0.15, 0.2) is 77.1 Å². The van der Waals surface area contributed by atoms with E-state index in [2.05, 4.69) is 11.6 Å². The lowest BCUT2D eigenvalue weighted by Gasteiger charge is -2.23. The van der Waals surface area contributed by atoms with Crippen molar-refractivity contribution in [2.45, 2.75) is 18.7 Å². The second-order valence-electron chi connectivity index (χ2n) is 6.88. The van der Waals surface area contributed by atoms with Crippen LogP contribution in [0.5, 0.6) is 0 Å². The Balaban J connectivity index is 2.14. The third-order valence-electron chi connectivity index (χ3n) is 5.06. The summed E-state index contributed by atoms with van der Waals surface area (Å²) in [6.45, 7) is 8.33. The second kappa shape index (κ2) is 9.18. The monoisotopic (exact) mass is 439 g/mol. The van der Waals surface area contributed by atoms with Crippen LogP contribution in [-0.4, -0.2) is 43.8 Å². The van der Waals surface area contributed by atoms with Crippen LogP contribution in [0, 0.1) is 0 Å². The number of hydrogen-bond donors (Lipinski definition) is 1. The Labute approximate surface area is 181 Å². The van der Waals surface area contributed by atoms with Gasteiger partial charge in [0.2, 0.25) is 5.43 Å². The fourth-order valence-electron chi connectivity index (χ4n) is 3.38. The van der Waals surface area contributed by atoms with E-state index in [0.717, 1.165) is 0 Å². The summed E-state index contributed by atoms with van der Waals surface area (Å²) in [6.07, 6.45) is 2.88. The summed E-state index contributed by atoms with van der Waals surface area (Å²) in [4.78, 5) is 30.2. The molecule has 31 heavy (non-hydrogen) atoms. The highest BCUT2D eigenvalue weighted by Gasteiger charge is 2.25.